The number of nitrogens with zero attached hydrogens (tertiary/aromatic N) is 1. The van der Waals surface area contributed by atoms with Crippen molar-refractivity contribution in [3.63, 3.8) is 0 Å². The number of carbonyl (C=O) groups is 2. The van der Waals surface area contributed by atoms with E-state index in [1.54, 1.807) is 6.92 Å². The average Bonchev–Trinajstić information content (AvgIpc) is 2.57. The van der Waals surface area contributed by atoms with Crippen molar-refractivity contribution >= 4 is 28.3 Å². The van der Waals surface area contributed by atoms with Crippen molar-refractivity contribution in [2.24, 2.45) is 0 Å². The lowest BCUT2D eigenvalue weighted by Crippen LogP contribution is -2.40. The first kappa shape index (κ1) is 13.4. The number of aliphatic carboxylic acids is 1. The number of nitrogens with one attached hydrogen (secondary N) is 1. The van der Waals surface area contributed by atoms with Gasteiger partial charge in [-0.2, -0.15) is 0 Å². The van der Waals surface area contributed by atoms with Crippen molar-refractivity contribution in [1.82, 2.24) is 10.3 Å². The van der Waals surface area contributed by atoms with Crippen LogP contribution in [0.3, 0.4) is 0 Å². The minimum Gasteiger partial charge on any atom is -0.480 e. The molecule has 1 aromatic heterocycles. The number of hydrogen-bond acceptors (Lipinski definition) is 5. The fourth-order valence-electron chi connectivity index (χ4n) is 1.40. The largest absolute Gasteiger partial charge is 0.480 e. The number of carboxylic acid groups (broad SMARTS) is 1. The van der Waals surface area contributed by atoms with Crippen LogP contribution in [-0.4, -0.2) is 28.0 Å². The number of thiazole rings is 1. The number of aryl methyl sites for hydroxylation is 1. The van der Waals surface area contributed by atoms with E-state index in [0.29, 0.717) is 28.5 Å². The van der Waals surface area contributed by atoms with E-state index in [-0.39, 0.29) is 0 Å². The third kappa shape index (κ3) is 3.42. The maximum atomic E-state index is 11.8. The molecule has 0 aliphatic heterocycles. The summed E-state index contributed by atoms with van der Waals surface area (Å²) in [5.41, 5.74) is 6.00. The highest BCUT2D eigenvalue weighted by Gasteiger charge is 2.22. The minimum absolute atomic E-state index is 0.301. The Morgan fingerprint density at radius 1 is 1.59 bits per heavy atom. The van der Waals surface area contributed by atoms with Gasteiger partial charge < -0.3 is 16.2 Å². The van der Waals surface area contributed by atoms with Gasteiger partial charge in [-0.1, -0.05) is 24.7 Å². The molecular formula is C10H15N3O3S. The van der Waals surface area contributed by atoms with Crippen molar-refractivity contribution in [1.29, 1.82) is 0 Å². The molecule has 1 rings (SSSR count). The van der Waals surface area contributed by atoms with Gasteiger partial charge in [0.2, 0.25) is 0 Å². The number of hydrogen-bond donors (Lipinski definition) is 3. The highest BCUT2D eigenvalue weighted by molar-refractivity contribution is 7.17. The molecule has 0 saturated carbocycles. The van der Waals surface area contributed by atoms with Gasteiger partial charge in [0.05, 0.1) is 5.69 Å². The first-order chi connectivity index (χ1) is 7.95. The second kappa shape index (κ2) is 5.62. The molecule has 1 heterocycles. The van der Waals surface area contributed by atoms with Gasteiger partial charge in [0.25, 0.3) is 5.91 Å². The van der Waals surface area contributed by atoms with Crippen LogP contribution in [0, 0.1) is 6.92 Å². The highest BCUT2D eigenvalue weighted by atomic mass is 32.1. The molecule has 0 aliphatic rings. The van der Waals surface area contributed by atoms with Crippen molar-refractivity contribution in [3.05, 3.63) is 10.6 Å². The quantitative estimate of drug-likeness (QED) is 0.730. The van der Waals surface area contributed by atoms with E-state index in [2.05, 4.69) is 10.3 Å². The highest BCUT2D eigenvalue weighted by Crippen LogP contribution is 2.19. The number of amides is 1. The van der Waals surface area contributed by atoms with E-state index in [9.17, 15) is 9.59 Å². The predicted molar refractivity (Wildman–Crippen MR) is 65.1 cm³/mol. The maximum absolute atomic E-state index is 11.8. The Morgan fingerprint density at radius 3 is 2.65 bits per heavy atom. The van der Waals surface area contributed by atoms with Crippen LogP contribution in [-0.2, 0) is 4.79 Å². The standard InChI is InChI=1S/C10H15N3O3S/c1-3-4-6(9(15)16)13-8(14)7-5(2)12-10(11)17-7/h6H,3-4H2,1-2H3,(H2,11,12)(H,13,14)(H,15,16)/t6-/m1/s1. The molecule has 0 saturated heterocycles. The Balaban J connectivity index is 2.77. The Hall–Kier alpha value is -1.63. The summed E-state index contributed by atoms with van der Waals surface area (Å²) in [5, 5.41) is 11.7. The zero-order valence-corrected chi connectivity index (χ0v) is 10.5. The van der Waals surface area contributed by atoms with Gasteiger partial charge >= 0.3 is 5.97 Å². The van der Waals surface area contributed by atoms with Crippen molar-refractivity contribution in [2.45, 2.75) is 32.7 Å². The van der Waals surface area contributed by atoms with Crippen LogP contribution in [0.5, 0.6) is 0 Å². The Kier molecular flexibility index (Phi) is 4.45. The fourth-order valence-corrected chi connectivity index (χ4v) is 2.13. The fraction of sp³-hybridized carbons (Fsp3) is 0.500. The molecule has 0 unspecified atom stereocenters. The van der Waals surface area contributed by atoms with E-state index in [1.165, 1.54) is 0 Å². The summed E-state index contributed by atoms with van der Waals surface area (Å²) < 4.78 is 0. The van der Waals surface area contributed by atoms with E-state index in [1.807, 2.05) is 6.92 Å². The monoisotopic (exact) mass is 257 g/mol. The van der Waals surface area contributed by atoms with E-state index in [0.717, 1.165) is 11.3 Å². The Morgan fingerprint density at radius 2 is 2.24 bits per heavy atom. The molecule has 7 heteroatoms. The van der Waals surface area contributed by atoms with Gasteiger partial charge in [-0.05, 0) is 13.3 Å². The molecule has 6 nitrogen and oxygen atoms in total. The van der Waals surface area contributed by atoms with Crippen molar-refractivity contribution < 1.29 is 14.7 Å². The Bertz CT molecular complexity index is 430. The number of nitrogens with two attached hydrogens (primary N) is 1. The van der Waals surface area contributed by atoms with E-state index in [4.69, 9.17) is 10.8 Å². The molecule has 1 amide bonds. The molecule has 0 aliphatic carbocycles. The lowest BCUT2D eigenvalue weighted by Gasteiger charge is -2.12. The van der Waals surface area contributed by atoms with Gasteiger partial charge in [0, 0.05) is 0 Å². The predicted octanol–water partition coefficient (Wildman–Crippen LogP) is 1.02. The summed E-state index contributed by atoms with van der Waals surface area (Å²) in [7, 11) is 0. The van der Waals surface area contributed by atoms with Crippen molar-refractivity contribution in [3.8, 4) is 0 Å². The summed E-state index contributed by atoms with van der Waals surface area (Å²) in [6.07, 6.45) is 1.08. The summed E-state index contributed by atoms with van der Waals surface area (Å²) in [5.74, 6) is -1.46. The number of anilines is 1. The zero-order chi connectivity index (χ0) is 13.0. The molecular weight excluding hydrogens is 242 g/mol. The third-order valence-electron chi connectivity index (χ3n) is 2.20. The van der Waals surface area contributed by atoms with Crippen LogP contribution in [0.1, 0.15) is 35.1 Å². The molecule has 0 radical (unpaired) electrons. The van der Waals surface area contributed by atoms with Crippen LogP contribution in [0.25, 0.3) is 0 Å². The van der Waals surface area contributed by atoms with Gasteiger partial charge in [-0.3, -0.25) is 4.79 Å². The van der Waals surface area contributed by atoms with Crippen LogP contribution >= 0.6 is 11.3 Å². The number of carboxylic acids is 1. The summed E-state index contributed by atoms with van der Waals surface area (Å²) >= 11 is 1.06. The van der Waals surface area contributed by atoms with Crippen LogP contribution < -0.4 is 11.1 Å². The van der Waals surface area contributed by atoms with Gasteiger partial charge in [0.15, 0.2) is 5.13 Å². The lowest BCUT2D eigenvalue weighted by molar-refractivity contribution is -0.139. The molecule has 1 aromatic rings. The zero-order valence-electron chi connectivity index (χ0n) is 9.69. The van der Waals surface area contributed by atoms with Gasteiger partial charge in [-0.25, -0.2) is 9.78 Å². The van der Waals surface area contributed by atoms with E-state index < -0.39 is 17.9 Å². The molecule has 0 fully saturated rings. The molecule has 0 spiro atoms. The molecule has 0 aromatic carbocycles. The normalized spacial score (nSPS) is 12.1. The SMILES string of the molecule is CCC[C@@H](NC(=O)c1sc(N)nc1C)C(=O)O. The smallest absolute Gasteiger partial charge is 0.326 e. The molecule has 17 heavy (non-hydrogen) atoms. The topological polar surface area (TPSA) is 105 Å². The van der Waals surface area contributed by atoms with Crippen molar-refractivity contribution in [2.75, 3.05) is 5.73 Å². The Labute approximate surface area is 103 Å². The molecule has 94 valence electrons. The van der Waals surface area contributed by atoms with E-state index >= 15 is 0 Å². The first-order valence-corrected chi connectivity index (χ1v) is 6.04. The number of aromatic nitrogens is 1. The lowest BCUT2D eigenvalue weighted by atomic mass is 10.1. The number of rotatable bonds is 5. The molecule has 0 bridgehead atoms. The summed E-state index contributed by atoms with van der Waals surface area (Å²) in [6, 6.07) is -0.866. The maximum Gasteiger partial charge on any atom is 0.326 e. The molecule has 4 N–H and O–H groups in total. The third-order valence-corrected chi connectivity index (χ3v) is 3.19. The summed E-state index contributed by atoms with van der Waals surface area (Å²) in [6.45, 7) is 3.52. The summed E-state index contributed by atoms with van der Waals surface area (Å²) in [4.78, 5) is 27.0. The first-order valence-electron chi connectivity index (χ1n) is 5.22. The van der Waals surface area contributed by atoms with Gasteiger partial charge in [0.1, 0.15) is 10.9 Å². The number of carbonyl (C=O) groups excluding carboxylic acids is 1. The van der Waals surface area contributed by atoms with Crippen LogP contribution in [0.4, 0.5) is 5.13 Å². The minimum atomic E-state index is -1.03. The molecule has 1 atom stereocenters. The van der Waals surface area contributed by atoms with Crippen LogP contribution in [0.15, 0.2) is 0 Å². The second-order valence-electron chi connectivity index (χ2n) is 3.62. The number of nitrogen functional groups attached to an aromatic ring is 1. The second-order valence-corrected chi connectivity index (χ2v) is 4.65. The van der Waals surface area contributed by atoms with Crippen LogP contribution in [0.2, 0.25) is 0 Å². The average molecular weight is 257 g/mol. The van der Waals surface area contributed by atoms with Gasteiger partial charge in [-0.15, -0.1) is 0 Å².